The number of rotatable bonds is 0. The number of hydrazone groups is 1. The number of nitrogens with zero attached hydrogens (tertiary/aromatic N) is 4. The first-order chi connectivity index (χ1) is 7.61. The Morgan fingerprint density at radius 1 is 1.19 bits per heavy atom. The van der Waals surface area contributed by atoms with E-state index >= 15 is 0 Å². The molecule has 1 aliphatic rings. The van der Waals surface area contributed by atoms with Crippen molar-refractivity contribution in [1.29, 1.82) is 0 Å². The molecule has 0 bridgehead atoms. The average Bonchev–Trinajstić information content (AvgIpc) is 2.27. The van der Waals surface area contributed by atoms with Gasteiger partial charge in [-0.15, -0.1) is 0 Å². The molecule has 0 aliphatic carbocycles. The Hall–Kier alpha value is -2.24. The molecular formula is C10H10N4O2. The van der Waals surface area contributed by atoms with Crippen molar-refractivity contribution in [3.05, 3.63) is 18.5 Å². The number of aromatic nitrogens is 1. The number of hydrogen-bond donors (Lipinski definition) is 0. The summed E-state index contributed by atoms with van der Waals surface area (Å²) in [6, 6.07) is 1.64. The van der Waals surface area contributed by atoms with E-state index in [0.717, 1.165) is 0 Å². The summed E-state index contributed by atoms with van der Waals surface area (Å²) < 4.78 is 0. The molecule has 1 aromatic heterocycles. The van der Waals surface area contributed by atoms with Crippen molar-refractivity contribution in [1.82, 2.24) is 4.98 Å². The van der Waals surface area contributed by atoms with Crippen LogP contribution < -0.4 is 9.91 Å². The lowest BCUT2D eigenvalue weighted by molar-refractivity contribution is -0.117. The van der Waals surface area contributed by atoms with Gasteiger partial charge in [0, 0.05) is 20.0 Å². The van der Waals surface area contributed by atoms with Crippen LogP contribution in [0.5, 0.6) is 0 Å². The van der Waals surface area contributed by atoms with Gasteiger partial charge in [0.25, 0.3) is 0 Å². The summed E-state index contributed by atoms with van der Waals surface area (Å²) in [7, 11) is 0. The van der Waals surface area contributed by atoms with Gasteiger partial charge in [0.1, 0.15) is 6.34 Å². The summed E-state index contributed by atoms with van der Waals surface area (Å²) in [6.45, 7) is 2.83. The van der Waals surface area contributed by atoms with Crippen LogP contribution in [0, 0.1) is 0 Å². The maximum Gasteiger partial charge on any atom is 0.244 e. The molecule has 6 heteroatoms. The lowest BCUT2D eigenvalue weighted by Gasteiger charge is -2.27. The van der Waals surface area contributed by atoms with Crippen LogP contribution in [-0.2, 0) is 9.59 Å². The molecular weight excluding hydrogens is 208 g/mol. The first kappa shape index (κ1) is 10.3. The van der Waals surface area contributed by atoms with E-state index in [4.69, 9.17) is 0 Å². The molecule has 2 heterocycles. The smallest absolute Gasteiger partial charge is 0.244 e. The Kier molecular flexibility index (Phi) is 2.40. The molecule has 0 fully saturated rings. The van der Waals surface area contributed by atoms with E-state index < -0.39 is 0 Å². The van der Waals surface area contributed by atoms with Crippen molar-refractivity contribution in [2.24, 2.45) is 5.10 Å². The Morgan fingerprint density at radius 3 is 2.56 bits per heavy atom. The minimum Gasteiger partial charge on any atom is -0.274 e. The molecule has 1 aliphatic heterocycles. The van der Waals surface area contributed by atoms with Crippen LogP contribution >= 0.6 is 0 Å². The maximum absolute atomic E-state index is 11.3. The van der Waals surface area contributed by atoms with Crippen LogP contribution in [0.2, 0.25) is 0 Å². The van der Waals surface area contributed by atoms with Gasteiger partial charge in [0.2, 0.25) is 11.8 Å². The summed E-state index contributed by atoms with van der Waals surface area (Å²) in [6.07, 6.45) is 4.39. The number of amides is 2. The minimum absolute atomic E-state index is 0.179. The molecule has 16 heavy (non-hydrogen) atoms. The van der Waals surface area contributed by atoms with Crippen molar-refractivity contribution < 1.29 is 9.59 Å². The zero-order chi connectivity index (χ0) is 11.7. The van der Waals surface area contributed by atoms with E-state index in [9.17, 15) is 9.59 Å². The Morgan fingerprint density at radius 2 is 1.94 bits per heavy atom. The topological polar surface area (TPSA) is 65.9 Å². The highest BCUT2D eigenvalue weighted by Gasteiger charge is 2.24. The monoisotopic (exact) mass is 218 g/mol. The van der Waals surface area contributed by atoms with Gasteiger partial charge in [-0.3, -0.25) is 19.5 Å². The van der Waals surface area contributed by atoms with Crippen LogP contribution in [-0.4, -0.2) is 23.1 Å². The van der Waals surface area contributed by atoms with Crippen molar-refractivity contribution in [2.75, 3.05) is 9.91 Å². The molecule has 2 rings (SSSR count). The Labute approximate surface area is 92.2 Å². The first-order valence-corrected chi connectivity index (χ1v) is 4.70. The van der Waals surface area contributed by atoms with Crippen LogP contribution in [0.25, 0.3) is 0 Å². The molecule has 6 nitrogen and oxygen atoms in total. The third kappa shape index (κ3) is 1.54. The highest BCUT2D eigenvalue weighted by molar-refractivity contribution is 6.13. The second kappa shape index (κ2) is 3.73. The second-order valence-electron chi connectivity index (χ2n) is 3.32. The number of hydrogen-bond acceptors (Lipinski definition) is 4. The second-order valence-corrected chi connectivity index (χ2v) is 3.32. The lowest BCUT2D eigenvalue weighted by atomic mass is 10.3. The van der Waals surface area contributed by atoms with E-state index in [2.05, 4.69) is 10.1 Å². The zero-order valence-electron chi connectivity index (χ0n) is 8.91. The number of anilines is 2. The molecule has 0 saturated heterocycles. The quantitative estimate of drug-likeness (QED) is 0.645. The summed E-state index contributed by atoms with van der Waals surface area (Å²) >= 11 is 0. The van der Waals surface area contributed by atoms with E-state index in [1.54, 1.807) is 12.3 Å². The third-order valence-corrected chi connectivity index (χ3v) is 2.19. The average molecular weight is 218 g/mol. The van der Waals surface area contributed by atoms with E-state index in [1.165, 1.54) is 36.3 Å². The molecule has 0 aromatic carbocycles. The largest absolute Gasteiger partial charge is 0.274 e. The van der Waals surface area contributed by atoms with Gasteiger partial charge < -0.3 is 0 Å². The molecule has 0 N–H and O–H groups in total. The van der Waals surface area contributed by atoms with Gasteiger partial charge in [0.15, 0.2) is 0 Å². The summed E-state index contributed by atoms with van der Waals surface area (Å²) in [4.78, 5) is 27.9. The lowest BCUT2D eigenvalue weighted by Crippen LogP contribution is -2.36. The summed E-state index contributed by atoms with van der Waals surface area (Å²) in [5, 5.41) is 5.14. The highest BCUT2D eigenvalue weighted by atomic mass is 16.2. The molecule has 0 atom stereocenters. The Balaban J connectivity index is 2.54. The standard InChI is InChI=1S/C10H10N4O2/c1-7(15)13-6-12-14(8(2)16)9-3-4-11-5-10(9)13/h3-6H,1-2H3. The summed E-state index contributed by atoms with van der Waals surface area (Å²) in [5.41, 5.74) is 1.11. The normalized spacial score (nSPS) is 13.6. The van der Waals surface area contributed by atoms with Crippen molar-refractivity contribution >= 4 is 29.5 Å². The first-order valence-electron chi connectivity index (χ1n) is 4.70. The van der Waals surface area contributed by atoms with Crippen molar-refractivity contribution in [2.45, 2.75) is 13.8 Å². The number of carbonyl (C=O) groups is 2. The Bertz CT molecular complexity index is 440. The van der Waals surface area contributed by atoms with Crippen LogP contribution in [0.4, 0.5) is 11.4 Å². The van der Waals surface area contributed by atoms with E-state index in [1.807, 2.05) is 0 Å². The maximum atomic E-state index is 11.3. The third-order valence-electron chi connectivity index (χ3n) is 2.19. The molecule has 2 amide bonds. The SMILES string of the molecule is CC(=O)N1C=NN(C(C)=O)c2ccncc21. The van der Waals surface area contributed by atoms with Gasteiger partial charge in [-0.05, 0) is 6.07 Å². The van der Waals surface area contributed by atoms with Crippen LogP contribution in [0.15, 0.2) is 23.6 Å². The van der Waals surface area contributed by atoms with Gasteiger partial charge in [-0.2, -0.15) is 10.1 Å². The fraction of sp³-hybridized carbons (Fsp3) is 0.200. The van der Waals surface area contributed by atoms with Gasteiger partial charge in [-0.1, -0.05) is 0 Å². The predicted octanol–water partition coefficient (Wildman–Crippen LogP) is 0.744. The number of carbonyl (C=O) groups excluding carboxylic acids is 2. The zero-order valence-corrected chi connectivity index (χ0v) is 8.91. The van der Waals surface area contributed by atoms with E-state index in [-0.39, 0.29) is 11.8 Å². The van der Waals surface area contributed by atoms with Gasteiger partial charge in [-0.25, -0.2) is 0 Å². The molecule has 82 valence electrons. The summed E-state index contributed by atoms with van der Waals surface area (Å²) in [5.74, 6) is -0.395. The van der Waals surface area contributed by atoms with Crippen molar-refractivity contribution in [3.63, 3.8) is 0 Å². The molecule has 1 aromatic rings. The fourth-order valence-electron chi connectivity index (χ4n) is 1.47. The molecule has 0 unspecified atom stereocenters. The van der Waals surface area contributed by atoms with Crippen LogP contribution in [0.3, 0.4) is 0 Å². The van der Waals surface area contributed by atoms with Gasteiger partial charge in [0.05, 0.1) is 17.6 Å². The number of pyridine rings is 1. The van der Waals surface area contributed by atoms with E-state index in [0.29, 0.717) is 11.4 Å². The molecule has 0 radical (unpaired) electrons. The van der Waals surface area contributed by atoms with Gasteiger partial charge >= 0.3 is 0 Å². The predicted molar refractivity (Wildman–Crippen MR) is 59.0 cm³/mol. The highest BCUT2D eigenvalue weighted by Crippen LogP contribution is 2.30. The minimum atomic E-state index is -0.216. The van der Waals surface area contributed by atoms with Crippen LogP contribution in [0.1, 0.15) is 13.8 Å². The molecule has 0 saturated carbocycles. The number of fused-ring (bicyclic) bond motifs is 1. The van der Waals surface area contributed by atoms with Crippen molar-refractivity contribution in [3.8, 4) is 0 Å². The molecule has 0 spiro atoms. The fourth-order valence-corrected chi connectivity index (χ4v) is 1.47.